The lowest BCUT2D eigenvalue weighted by molar-refractivity contribution is 0.0117. The van der Waals surface area contributed by atoms with Gasteiger partial charge < -0.3 is 18.9 Å². The zero-order valence-corrected chi connectivity index (χ0v) is 16.6. The first-order valence-corrected chi connectivity index (χ1v) is 9.68. The number of ether oxygens (including phenoxy) is 1. The summed E-state index contributed by atoms with van der Waals surface area (Å²) in [5, 5.41) is 4.07. The summed E-state index contributed by atoms with van der Waals surface area (Å²) in [6.07, 6.45) is 1.67. The molecule has 1 aliphatic heterocycles. The van der Waals surface area contributed by atoms with Gasteiger partial charge in [-0.2, -0.15) is 0 Å². The number of hydrogen-bond acceptors (Lipinski definition) is 5. The second-order valence-corrected chi connectivity index (χ2v) is 7.40. The highest BCUT2D eigenvalue weighted by Crippen LogP contribution is 2.29. The number of nitrogens with one attached hydrogen (secondary N) is 1. The van der Waals surface area contributed by atoms with E-state index in [4.69, 9.17) is 13.6 Å². The number of amides is 1. The molecule has 6 nitrogen and oxygen atoms in total. The first-order valence-electron chi connectivity index (χ1n) is 9.68. The van der Waals surface area contributed by atoms with Crippen molar-refractivity contribution in [3.05, 3.63) is 58.7 Å². The molecule has 1 fully saturated rings. The summed E-state index contributed by atoms with van der Waals surface area (Å²) in [4.78, 5) is 15.2. The number of aryl methyl sites for hydroxylation is 3. The molecule has 2 aromatic heterocycles. The van der Waals surface area contributed by atoms with E-state index in [0.717, 1.165) is 46.5 Å². The second kappa shape index (κ2) is 7.81. The van der Waals surface area contributed by atoms with Gasteiger partial charge in [-0.15, -0.1) is 0 Å². The molecular formula is C22H26N2O4. The zero-order chi connectivity index (χ0) is 19.7. The number of fused-ring (bicyclic) bond motifs is 1. The van der Waals surface area contributed by atoms with Gasteiger partial charge in [0.2, 0.25) is 0 Å². The van der Waals surface area contributed by atoms with E-state index in [1.54, 1.807) is 6.26 Å². The number of furan rings is 2. The fourth-order valence-electron chi connectivity index (χ4n) is 4.06. The molecule has 1 saturated heterocycles. The Hall–Kier alpha value is -2.57. The van der Waals surface area contributed by atoms with Crippen LogP contribution in [0.4, 0.5) is 0 Å². The summed E-state index contributed by atoms with van der Waals surface area (Å²) in [5.41, 5.74) is 3.88. The van der Waals surface area contributed by atoms with Crippen LogP contribution in [0, 0.1) is 20.8 Å². The average molecular weight is 382 g/mol. The van der Waals surface area contributed by atoms with Gasteiger partial charge in [0, 0.05) is 30.6 Å². The predicted molar refractivity (Wildman–Crippen MR) is 107 cm³/mol. The highest BCUT2D eigenvalue weighted by molar-refractivity contribution is 6.00. The van der Waals surface area contributed by atoms with Crippen LogP contribution in [-0.2, 0) is 4.74 Å². The molecule has 4 rings (SSSR count). The van der Waals surface area contributed by atoms with Gasteiger partial charge in [-0.25, -0.2) is 0 Å². The van der Waals surface area contributed by atoms with E-state index in [1.807, 2.05) is 39.0 Å². The number of carbonyl (C=O) groups is 1. The molecule has 1 aromatic carbocycles. The van der Waals surface area contributed by atoms with Crippen molar-refractivity contribution < 1.29 is 18.4 Å². The molecule has 3 aromatic rings. The summed E-state index contributed by atoms with van der Waals surface area (Å²) >= 11 is 0. The van der Waals surface area contributed by atoms with Crippen molar-refractivity contribution in [2.24, 2.45) is 0 Å². The molecule has 0 saturated carbocycles. The van der Waals surface area contributed by atoms with Gasteiger partial charge in [0.25, 0.3) is 5.91 Å². The molecule has 0 aliphatic carbocycles. The zero-order valence-electron chi connectivity index (χ0n) is 16.6. The summed E-state index contributed by atoms with van der Waals surface area (Å²) < 4.78 is 17.0. The lowest BCUT2D eigenvalue weighted by atomic mass is 10.0. The Morgan fingerprint density at radius 2 is 2.00 bits per heavy atom. The third-order valence-electron chi connectivity index (χ3n) is 5.39. The SMILES string of the molecule is Cc1cc(C)c2c(C)c(C(=O)NC[C@@H](c3ccco3)N3CCOCC3)oc2c1. The van der Waals surface area contributed by atoms with E-state index in [0.29, 0.717) is 25.5 Å². The van der Waals surface area contributed by atoms with Crippen molar-refractivity contribution in [3.8, 4) is 0 Å². The van der Waals surface area contributed by atoms with E-state index in [-0.39, 0.29) is 11.9 Å². The minimum absolute atomic E-state index is 0.0310. The second-order valence-electron chi connectivity index (χ2n) is 7.40. The van der Waals surface area contributed by atoms with Crippen LogP contribution in [-0.4, -0.2) is 43.7 Å². The van der Waals surface area contributed by atoms with E-state index in [2.05, 4.69) is 16.3 Å². The van der Waals surface area contributed by atoms with Crippen LogP contribution >= 0.6 is 0 Å². The first-order chi connectivity index (χ1) is 13.5. The third kappa shape index (κ3) is 3.57. The monoisotopic (exact) mass is 382 g/mol. The Balaban J connectivity index is 1.55. The molecule has 148 valence electrons. The van der Waals surface area contributed by atoms with Gasteiger partial charge in [-0.3, -0.25) is 9.69 Å². The Morgan fingerprint density at radius 3 is 2.71 bits per heavy atom. The van der Waals surface area contributed by atoms with Crippen LogP contribution in [0.1, 0.15) is 39.0 Å². The average Bonchev–Trinajstić information content (AvgIpc) is 3.31. The van der Waals surface area contributed by atoms with Crippen LogP contribution < -0.4 is 5.32 Å². The van der Waals surface area contributed by atoms with Gasteiger partial charge in [0.05, 0.1) is 25.5 Å². The van der Waals surface area contributed by atoms with E-state index >= 15 is 0 Å². The summed E-state index contributed by atoms with van der Waals surface area (Å²) in [7, 11) is 0. The summed E-state index contributed by atoms with van der Waals surface area (Å²) in [5.74, 6) is 1.02. The number of morpholine rings is 1. The van der Waals surface area contributed by atoms with E-state index in [1.165, 1.54) is 0 Å². The lowest BCUT2D eigenvalue weighted by Gasteiger charge is -2.33. The molecule has 1 atom stereocenters. The van der Waals surface area contributed by atoms with Gasteiger partial charge >= 0.3 is 0 Å². The van der Waals surface area contributed by atoms with Crippen LogP contribution in [0.3, 0.4) is 0 Å². The maximum Gasteiger partial charge on any atom is 0.287 e. The molecule has 0 unspecified atom stereocenters. The molecule has 1 N–H and O–H groups in total. The quantitative estimate of drug-likeness (QED) is 0.728. The maximum atomic E-state index is 12.9. The van der Waals surface area contributed by atoms with Crippen molar-refractivity contribution in [1.29, 1.82) is 0 Å². The lowest BCUT2D eigenvalue weighted by Crippen LogP contribution is -2.43. The minimum atomic E-state index is -0.199. The number of hydrogen-bond donors (Lipinski definition) is 1. The number of rotatable bonds is 5. The van der Waals surface area contributed by atoms with Crippen molar-refractivity contribution in [1.82, 2.24) is 10.2 Å². The minimum Gasteiger partial charge on any atom is -0.468 e. The van der Waals surface area contributed by atoms with Gasteiger partial charge in [-0.1, -0.05) is 6.07 Å². The fourth-order valence-corrected chi connectivity index (χ4v) is 4.06. The Kier molecular flexibility index (Phi) is 5.24. The first kappa shape index (κ1) is 18.8. The molecule has 1 amide bonds. The smallest absolute Gasteiger partial charge is 0.287 e. The van der Waals surface area contributed by atoms with Gasteiger partial charge in [-0.05, 0) is 50.1 Å². The van der Waals surface area contributed by atoms with Crippen LogP contribution in [0.2, 0.25) is 0 Å². The summed E-state index contributed by atoms with van der Waals surface area (Å²) in [6, 6.07) is 7.88. The molecule has 6 heteroatoms. The molecular weight excluding hydrogens is 356 g/mol. The molecule has 3 heterocycles. The van der Waals surface area contributed by atoms with E-state index in [9.17, 15) is 4.79 Å². The molecule has 0 radical (unpaired) electrons. The highest BCUT2D eigenvalue weighted by Gasteiger charge is 2.26. The van der Waals surface area contributed by atoms with Crippen molar-refractivity contribution >= 4 is 16.9 Å². The third-order valence-corrected chi connectivity index (χ3v) is 5.39. The van der Waals surface area contributed by atoms with Crippen molar-refractivity contribution in [2.75, 3.05) is 32.8 Å². The predicted octanol–water partition coefficient (Wildman–Crippen LogP) is 3.75. The van der Waals surface area contributed by atoms with Gasteiger partial charge in [0.15, 0.2) is 5.76 Å². The summed E-state index contributed by atoms with van der Waals surface area (Å²) in [6.45, 7) is 9.45. The number of carbonyl (C=O) groups excluding carboxylic acids is 1. The largest absolute Gasteiger partial charge is 0.468 e. The van der Waals surface area contributed by atoms with E-state index < -0.39 is 0 Å². The Labute approximate surface area is 164 Å². The van der Waals surface area contributed by atoms with Gasteiger partial charge in [0.1, 0.15) is 11.3 Å². The molecule has 1 aliphatic rings. The standard InChI is InChI=1S/C22H26N2O4/c1-14-11-15(2)20-16(3)21(28-19(20)12-14)22(25)23-13-17(18-5-4-8-27-18)24-6-9-26-10-7-24/h4-5,8,11-12,17H,6-7,9-10,13H2,1-3H3,(H,23,25)/t17-/m0/s1. The highest BCUT2D eigenvalue weighted by atomic mass is 16.5. The number of benzene rings is 1. The van der Waals surface area contributed by atoms with Crippen LogP contribution in [0.25, 0.3) is 11.0 Å². The van der Waals surface area contributed by atoms with Crippen LogP contribution in [0.15, 0.2) is 39.4 Å². The van der Waals surface area contributed by atoms with Crippen molar-refractivity contribution in [3.63, 3.8) is 0 Å². The van der Waals surface area contributed by atoms with Crippen LogP contribution in [0.5, 0.6) is 0 Å². The maximum absolute atomic E-state index is 12.9. The normalized spacial score (nSPS) is 16.4. The Bertz CT molecular complexity index is 968. The molecule has 0 spiro atoms. The Morgan fingerprint density at radius 1 is 1.21 bits per heavy atom. The molecule has 28 heavy (non-hydrogen) atoms. The number of nitrogens with zero attached hydrogens (tertiary/aromatic N) is 1. The topological polar surface area (TPSA) is 67.9 Å². The fraction of sp³-hybridized carbons (Fsp3) is 0.409. The molecule has 0 bridgehead atoms. The van der Waals surface area contributed by atoms with Crippen molar-refractivity contribution in [2.45, 2.75) is 26.8 Å².